The predicted octanol–water partition coefficient (Wildman–Crippen LogP) is 2.78. The number of nitrogens with zero attached hydrogens (tertiary/aromatic N) is 1. The standard InChI is InChI=1S/C13H15Cl3N2O3S2/c1-3-8(22)17-9-10(19)18-4-7(6(2)23-11(9)18)12(20)21-5-13(14,15)16/h4,6,9,11H,3,5H2,1-2H3,(H,17,22)/t6?,9?,11-/m1/s1. The lowest BCUT2D eigenvalue weighted by Gasteiger charge is -2.49. The van der Waals surface area contributed by atoms with Gasteiger partial charge in [-0.3, -0.25) is 4.79 Å². The molecule has 2 rings (SSSR count). The van der Waals surface area contributed by atoms with Crippen LogP contribution in [-0.4, -0.2) is 48.8 Å². The van der Waals surface area contributed by atoms with Crippen LogP contribution in [0.15, 0.2) is 11.8 Å². The molecule has 1 fully saturated rings. The first-order chi connectivity index (χ1) is 10.6. The topological polar surface area (TPSA) is 58.6 Å². The van der Waals surface area contributed by atoms with E-state index in [2.05, 4.69) is 5.32 Å². The van der Waals surface area contributed by atoms with Crippen molar-refractivity contribution in [2.75, 3.05) is 6.61 Å². The highest BCUT2D eigenvalue weighted by atomic mass is 35.6. The molecule has 2 unspecified atom stereocenters. The number of rotatable bonds is 4. The van der Waals surface area contributed by atoms with Crippen molar-refractivity contribution in [1.29, 1.82) is 0 Å². The number of thioether (sulfide) groups is 1. The molecule has 1 amide bonds. The molecule has 0 saturated carbocycles. The largest absolute Gasteiger partial charge is 0.458 e. The van der Waals surface area contributed by atoms with Gasteiger partial charge >= 0.3 is 5.97 Å². The summed E-state index contributed by atoms with van der Waals surface area (Å²) in [5, 5.41) is 2.81. The molecule has 3 atom stereocenters. The van der Waals surface area contributed by atoms with E-state index in [9.17, 15) is 9.59 Å². The molecular formula is C13H15Cl3N2O3S2. The SMILES string of the molecule is CCC(=S)NC1C(=O)N2C=C(C(=O)OCC(Cl)(Cl)Cl)C(C)S[C@H]12. The number of hydrogen-bond donors (Lipinski definition) is 1. The van der Waals surface area contributed by atoms with Gasteiger partial charge in [-0.25, -0.2) is 4.79 Å². The van der Waals surface area contributed by atoms with E-state index >= 15 is 0 Å². The van der Waals surface area contributed by atoms with E-state index in [4.69, 9.17) is 51.8 Å². The minimum atomic E-state index is -1.67. The molecule has 2 heterocycles. The number of carbonyl (C=O) groups excluding carboxylic acids is 2. The Morgan fingerprint density at radius 1 is 1.52 bits per heavy atom. The van der Waals surface area contributed by atoms with E-state index in [0.717, 1.165) is 0 Å². The quantitative estimate of drug-likeness (QED) is 0.328. The lowest BCUT2D eigenvalue weighted by molar-refractivity contribution is -0.141. The van der Waals surface area contributed by atoms with E-state index in [0.29, 0.717) is 17.0 Å². The fourth-order valence-electron chi connectivity index (χ4n) is 2.16. The zero-order valence-electron chi connectivity index (χ0n) is 12.3. The van der Waals surface area contributed by atoms with Gasteiger partial charge in [0.25, 0.3) is 5.91 Å². The Morgan fingerprint density at radius 2 is 2.17 bits per heavy atom. The molecule has 0 aliphatic carbocycles. The van der Waals surface area contributed by atoms with E-state index in [-0.39, 0.29) is 29.2 Å². The van der Waals surface area contributed by atoms with Crippen molar-refractivity contribution in [2.24, 2.45) is 0 Å². The van der Waals surface area contributed by atoms with Crippen LogP contribution in [0.5, 0.6) is 0 Å². The summed E-state index contributed by atoms with van der Waals surface area (Å²) in [6.07, 6.45) is 2.19. The van der Waals surface area contributed by atoms with Crippen molar-refractivity contribution in [1.82, 2.24) is 10.2 Å². The van der Waals surface area contributed by atoms with Gasteiger partial charge in [-0.1, -0.05) is 53.9 Å². The highest BCUT2D eigenvalue weighted by molar-refractivity contribution is 8.00. The smallest absolute Gasteiger partial charge is 0.336 e. The summed E-state index contributed by atoms with van der Waals surface area (Å²) in [5.41, 5.74) is 0.366. The van der Waals surface area contributed by atoms with Crippen molar-refractivity contribution < 1.29 is 14.3 Å². The molecule has 128 valence electrons. The van der Waals surface area contributed by atoms with E-state index in [1.165, 1.54) is 22.9 Å². The van der Waals surface area contributed by atoms with Crippen LogP contribution in [0, 0.1) is 0 Å². The molecule has 5 nitrogen and oxygen atoms in total. The van der Waals surface area contributed by atoms with Gasteiger partial charge in [-0.15, -0.1) is 11.8 Å². The molecule has 0 aromatic heterocycles. The summed E-state index contributed by atoms with van der Waals surface area (Å²) in [6, 6.07) is -0.357. The molecule has 1 N–H and O–H groups in total. The third-order valence-electron chi connectivity index (χ3n) is 3.38. The molecule has 0 aromatic rings. The van der Waals surface area contributed by atoms with Gasteiger partial charge in [-0.2, -0.15) is 0 Å². The highest BCUT2D eigenvalue weighted by Crippen LogP contribution is 2.40. The third kappa shape index (κ3) is 4.45. The van der Waals surface area contributed by atoms with Gasteiger partial charge in [-0.05, 0) is 13.3 Å². The van der Waals surface area contributed by atoms with Gasteiger partial charge in [0.05, 0.1) is 10.6 Å². The summed E-state index contributed by atoms with van der Waals surface area (Å²) in [5.74, 6) is -0.722. The van der Waals surface area contributed by atoms with Crippen molar-refractivity contribution in [2.45, 2.75) is 40.7 Å². The van der Waals surface area contributed by atoms with Gasteiger partial charge in [0.1, 0.15) is 18.0 Å². The van der Waals surface area contributed by atoms with Gasteiger partial charge in [0, 0.05) is 11.4 Å². The van der Waals surface area contributed by atoms with Crippen LogP contribution in [0.4, 0.5) is 0 Å². The second-order valence-electron chi connectivity index (χ2n) is 5.09. The number of nitrogens with one attached hydrogen (secondary N) is 1. The number of ether oxygens (including phenoxy) is 1. The Kier molecular flexibility index (Phi) is 6.11. The second kappa shape index (κ2) is 7.35. The summed E-state index contributed by atoms with van der Waals surface area (Å²) >= 11 is 23.3. The van der Waals surface area contributed by atoms with Crippen LogP contribution in [0.1, 0.15) is 20.3 Å². The lowest BCUT2D eigenvalue weighted by atomic mass is 10.1. The van der Waals surface area contributed by atoms with Gasteiger partial charge in [0.2, 0.25) is 3.79 Å². The monoisotopic (exact) mass is 416 g/mol. The molecule has 0 radical (unpaired) electrons. The number of β-lactam (4-membered cyclic amide) rings is 1. The number of hydrogen-bond acceptors (Lipinski definition) is 5. The molecular weight excluding hydrogens is 403 g/mol. The van der Waals surface area contributed by atoms with Crippen LogP contribution in [0.3, 0.4) is 0 Å². The average Bonchev–Trinajstić information content (AvgIpc) is 2.48. The fraction of sp³-hybridized carbons (Fsp3) is 0.615. The van der Waals surface area contributed by atoms with E-state index in [1.807, 2.05) is 13.8 Å². The number of fused-ring (bicyclic) bond motifs is 1. The zero-order valence-corrected chi connectivity index (χ0v) is 16.2. The van der Waals surface area contributed by atoms with Crippen molar-refractivity contribution in [3.05, 3.63) is 11.8 Å². The van der Waals surface area contributed by atoms with Crippen molar-refractivity contribution >= 4 is 75.6 Å². The zero-order chi connectivity index (χ0) is 17.4. The summed E-state index contributed by atoms with van der Waals surface area (Å²) in [6.45, 7) is 3.44. The Morgan fingerprint density at radius 3 is 2.74 bits per heavy atom. The van der Waals surface area contributed by atoms with Crippen molar-refractivity contribution in [3.8, 4) is 0 Å². The van der Waals surface area contributed by atoms with Crippen LogP contribution >= 0.6 is 58.8 Å². The van der Waals surface area contributed by atoms with Crippen molar-refractivity contribution in [3.63, 3.8) is 0 Å². The van der Waals surface area contributed by atoms with Crippen LogP contribution < -0.4 is 5.32 Å². The molecule has 2 aliphatic rings. The molecule has 0 spiro atoms. The lowest BCUT2D eigenvalue weighted by Crippen LogP contribution is -2.68. The summed E-state index contributed by atoms with van der Waals surface area (Å²) in [7, 11) is 0. The fourth-order valence-corrected chi connectivity index (χ4v) is 3.81. The molecule has 2 aliphatic heterocycles. The first kappa shape index (κ1) is 19.1. The molecule has 0 bridgehead atoms. The second-order valence-corrected chi connectivity index (χ2v) is 9.56. The number of thiocarbonyl (C=S) groups is 1. The minimum Gasteiger partial charge on any atom is -0.458 e. The maximum absolute atomic E-state index is 12.2. The van der Waals surface area contributed by atoms with Crippen LogP contribution in [0.2, 0.25) is 0 Å². The van der Waals surface area contributed by atoms with Gasteiger partial charge < -0.3 is 15.0 Å². The maximum Gasteiger partial charge on any atom is 0.336 e. The Balaban J connectivity index is 2.04. The third-order valence-corrected chi connectivity index (χ3v) is 5.55. The summed E-state index contributed by atoms with van der Waals surface area (Å²) in [4.78, 5) is 26.4. The summed E-state index contributed by atoms with van der Waals surface area (Å²) < 4.78 is 3.31. The van der Waals surface area contributed by atoms with Crippen LogP contribution in [-0.2, 0) is 14.3 Å². The normalized spacial score (nSPS) is 26.8. The molecule has 1 saturated heterocycles. The van der Waals surface area contributed by atoms with E-state index in [1.54, 1.807) is 0 Å². The number of amides is 1. The average molecular weight is 418 g/mol. The Bertz CT molecular complexity index is 565. The first-order valence-electron chi connectivity index (χ1n) is 6.86. The Hall–Kier alpha value is -0.210. The Labute approximate surface area is 159 Å². The maximum atomic E-state index is 12.2. The molecule has 10 heteroatoms. The minimum absolute atomic E-state index is 0.0910. The van der Waals surface area contributed by atoms with Crippen LogP contribution in [0.25, 0.3) is 0 Å². The number of halogens is 3. The number of carbonyl (C=O) groups is 2. The number of alkyl halides is 3. The molecule has 0 aromatic carbocycles. The first-order valence-corrected chi connectivity index (χ1v) is 9.35. The van der Waals surface area contributed by atoms with E-state index < -0.39 is 9.76 Å². The highest BCUT2D eigenvalue weighted by Gasteiger charge is 2.51. The predicted molar refractivity (Wildman–Crippen MR) is 96.8 cm³/mol. The molecule has 23 heavy (non-hydrogen) atoms. The number of esters is 1. The van der Waals surface area contributed by atoms with Gasteiger partial charge in [0.15, 0.2) is 0 Å².